The SMILES string of the molecule is COC(=O)c1ccc(CNC(=O)N2CCCC[C@H]2CNS(C)(=O)=O)cc1. The minimum Gasteiger partial charge on any atom is -0.465 e. The molecule has 1 fully saturated rings. The number of esters is 1. The maximum atomic E-state index is 12.5. The number of carbonyl (C=O) groups excluding carboxylic acids is 2. The van der Waals surface area contributed by atoms with Gasteiger partial charge < -0.3 is 15.0 Å². The number of amides is 2. The highest BCUT2D eigenvalue weighted by molar-refractivity contribution is 7.88. The summed E-state index contributed by atoms with van der Waals surface area (Å²) < 4.78 is 29.7. The lowest BCUT2D eigenvalue weighted by atomic mass is 10.0. The van der Waals surface area contributed by atoms with Crippen molar-refractivity contribution in [3.05, 3.63) is 35.4 Å². The van der Waals surface area contributed by atoms with Crippen molar-refractivity contribution >= 4 is 22.0 Å². The molecule has 1 saturated heterocycles. The number of nitrogens with zero attached hydrogens (tertiary/aromatic N) is 1. The second-order valence-electron chi connectivity index (χ2n) is 6.31. The third-order valence-corrected chi connectivity index (χ3v) is 4.98. The maximum Gasteiger partial charge on any atom is 0.337 e. The van der Waals surface area contributed by atoms with Crippen molar-refractivity contribution in [2.45, 2.75) is 31.8 Å². The van der Waals surface area contributed by atoms with E-state index in [1.165, 1.54) is 7.11 Å². The quantitative estimate of drug-likeness (QED) is 0.716. The van der Waals surface area contributed by atoms with Crippen molar-refractivity contribution in [1.82, 2.24) is 14.9 Å². The Balaban J connectivity index is 1.91. The molecule has 1 aliphatic rings. The molecule has 1 aliphatic heterocycles. The van der Waals surface area contributed by atoms with E-state index in [4.69, 9.17) is 0 Å². The molecule has 0 bridgehead atoms. The molecule has 1 atom stereocenters. The summed E-state index contributed by atoms with van der Waals surface area (Å²) in [6.07, 6.45) is 3.74. The number of sulfonamides is 1. The summed E-state index contributed by atoms with van der Waals surface area (Å²) in [7, 11) is -1.96. The molecule has 0 aliphatic carbocycles. The molecule has 2 N–H and O–H groups in total. The molecule has 0 unspecified atom stereocenters. The lowest BCUT2D eigenvalue weighted by Crippen LogP contribution is -2.52. The topological polar surface area (TPSA) is 105 Å². The molecule has 1 heterocycles. The molecule has 9 heteroatoms. The fraction of sp³-hybridized carbons (Fsp3) is 0.529. The van der Waals surface area contributed by atoms with Crippen molar-refractivity contribution in [1.29, 1.82) is 0 Å². The van der Waals surface area contributed by atoms with Crippen LogP contribution in [0.1, 0.15) is 35.2 Å². The first-order chi connectivity index (χ1) is 12.3. The van der Waals surface area contributed by atoms with Crippen molar-refractivity contribution in [2.75, 3.05) is 26.5 Å². The van der Waals surface area contributed by atoms with Gasteiger partial charge in [-0.15, -0.1) is 0 Å². The zero-order chi connectivity index (χ0) is 19.2. The van der Waals surface area contributed by atoms with Gasteiger partial charge in [-0.1, -0.05) is 12.1 Å². The van der Waals surface area contributed by atoms with Crippen LogP contribution in [0.3, 0.4) is 0 Å². The van der Waals surface area contributed by atoms with Crippen LogP contribution in [0, 0.1) is 0 Å². The van der Waals surface area contributed by atoms with Crippen LogP contribution < -0.4 is 10.0 Å². The number of urea groups is 1. The van der Waals surface area contributed by atoms with Gasteiger partial charge >= 0.3 is 12.0 Å². The third-order valence-electron chi connectivity index (χ3n) is 4.29. The number of carbonyl (C=O) groups is 2. The second-order valence-corrected chi connectivity index (χ2v) is 8.14. The van der Waals surface area contributed by atoms with E-state index in [-0.39, 0.29) is 18.6 Å². The molecule has 26 heavy (non-hydrogen) atoms. The summed E-state index contributed by atoms with van der Waals surface area (Å²) in [5.41, 5.74) is 1.30. The fourth-order valence-electron chi connectivity index (χ4n) is 2.88. The van der Waals surface area contributed by atoms with Gasteiger partial charge in [-0.25, -0.2) is 22.7 Å². The molecule has 144 valence electrons. The summed E-state index contributed by atoms with van der Waals surface area (Å²) in [4.78, 5) is 25.6. The summed E-state index contributed by atoms with van der Waals surface area (Å²) >= 11 is 0. The monoisotopic (exact) mass is 383 g/mol. The van der Waals surface area contributed by atoms with Crippen LogP contribution in [0.5, 0.6) is 0 Å². The average molecular weight is 383 g/mol. The third kappa shape index (κ3) is 5.99. The van der Waals surface area contributed by atoms with Gasteiger partial charge in [0.25, 0.3) is 0 Å². The number of nitrogens with one attached hydrogen (secondary N) is 2. The lowest BCUT2D eigenvalue weighted by molar-refractivity contribution is 0.0600. The van der Waals surface area contributed by atoms with Crippen LogP contribution in [0.4, 0.5) is 4.79 Å². The predicted octanol–water partition coefficient (Wildman–Crippen LogP) is 1.09. The second kappa shape index (κ2) is 9.00. The van der Waals surface area contributed by atoms with Crippen molar-refractivity contribution in [3.63, 3.8) is 0 Å². The molecule has 2 amide bonds. The van der Waals surface area contributed by atoms with Crippen LogP contribution in [0.2, 0.25) is 0 Å². The number of likely N-dealkylation sites (tertiary alicyclic amines) is 1. The molecule has 2 rings (SSSR count). The van der Waals surface area contributed by atoms with E-state index in [1.807, 2.05) is 0 Å². The first-order valence-electron chi connectivity index (χ1n) is 8.46. The first-order valence-corrected chi connectivity index (χ1v) is 10.4. The van der Waals surface area contributed by atoms with Crippen molar-refractivity contribution in [3.8, 4) is 0 Å². The van der Waals surface area contributed by atoms with E-state index < -0.39 is 16.0 Å². The Hall–Kier alpha value is -2.13. The molecule has 1 aromatic rings. The number of piperidine rings is 1. The Morgan fingerprint density at radius 2 is 1.92 bits per heavy atom. The molecule has 0 aromatic heterocycles. The normalized spacial score (nSPS) is 17.6. The Kier molecular flexibility index (Phi) is 6.98. The van der Waals surface area contributed by atoms with Gasteiger partial charge in [-0.3, -0.25) is 0 Å². The average Bonchev–Trinajstić information content (AvgIpc) is 2.64. The predicted molar refractivity (Wildman–Crippen MR) is 97.2 cm³/mol. The van der Waals surface area contributed by atoms with Crippen LogP contribution in [0.25, 0.3) is 0 Å². The van der Waals surface area contributed by atoms with Crippen LogP contribution in [-0.2, 0) is 21.3 Å². The highest BCUT2D eigenvalue weighted by Crippen LogP contribution is 2.17. The summed E-state index contributed by atoms with van der Waals surface area (Å²) in [6, 6.07) is 6.43. The van der Waals surface area contributed by atoms with E-state index >= 15 is 0 Å². The zero-order valence-electron chi connectivity index (χ0n) is 15.0. The van der Waals surface area contributed by atoms with E-state index in [2.05, 4.69) is 14.8 Å². The Morgan fingerprint density at radius 1 is 1.23 bits per heavy atom. The van der Waals surface area contributed by atoms with Gasteiger partial charge in [0.15, 0.2) is 0 Å². The Bertz CT molecular complexity index is 733. The molecular weight excluding hydrogens is 358 g/mol. The number of hydrogen-bond donors (Lipinski definition) is 2. The van der Waals surface area contributed by atoms with Crippen molar-refractivity contribution in [2.24, 2.45) is 0 Å². The fourth-order valence-corrected chi connectivity index (χ4v) is 3.38. The van der Waals surface area contributed by atoms with Gasteiger partial charge in [0, 0.05) is 25.7 Å². The van der Waals surface area contributed by atoms with E-state index in [9.17, 15) is 18.0 Å². The largest absolute Gasteiger partial charge is 0.465 e. The number of benzene rings is 1. The smallest absolute Gasteiger partial charge is 0.337 e. The van der Waals surface area contributed by atoms with Gasteiger partial charge in [-0.05, 0) is 37.0 Å². The number of methoxy groups -OCH3 is 1. The van der Waals surface area contributed by atoms with Crippen LogP contribution in [-0.4, -0.2) is 57.8 Å². The van der Waals surface area contributed by atoms with Crippen molar-refractivity contribution < 1.29 is 22.7 Å². The number of ether oxygens (including phenoxy) is 1. The minimum atomic E-state index is -3.29. The summed E-state index contributed by atoms with van der Waals surface area (Å²) in [5.74, 6) is -0.407. The molecular formula is C17H25N3O5S. The Labute approximate surface area is 153 Å². The zero-order valence-corrected chi connectivity index (χ0v) is 15.8. The number of rotatable bonds is 6. The molecule has 0 radical (unpaired) electrons. The summed E-state index contributed by atoms with van der Waals surface area (Å²) in [6.45, 7) is 1.15. The summed E-state index contributed by atoms with van der Waals surface area (Å²) in [5, 5.41) is 2.85. The van der Waals surface area contributed by atoms with E-state index in [1.54, 1.807) is 29.2 Å². The van der Waals surface area contributed by atoms with Gasteiger partial charge in [-0.2, -0.15) is 0 Å². The van der Waals surface area contributed by atoms with Crippen LogP contribution >= 0.6 is 0 Å². The molecule has 8 nitrogen and oxygen atoms in total. The highest BCUT2D eigenvalue weighted by atomic mass is 32.2. The molecule has 0 saturated carbocycles. The highest BCUT2D eigenvalue weighted by Gasteiger charge is 2.27. The van der Waals surface area contributed by atoms with Gasteiger partial charge in [0.2, 0.25) is 10.0 Å². The first kappa shape index (κ1) is 20.2. The molecule has 1 aromatic carbocycles. The van der Waals surface area contributed by atoms with E-state index in [0.29, 0.717) is 18.7 Å². The van der Waals surface area contributed by atoms with Gasteiger partial charge in [0.05, 0.1) is 18.9 Å². The van der Waals surface area contributed by atoms with Crippen LogP contribution in [0.15, 0.2) is 24.3 Å². The van der Waals surface area contributed by atoms with E-state index in [0.717, 1.165) is 31.1 Å². The maximum absolute atomic E-state index is 12.5. The standard InChI is InChI=1S/C17H25N3O5S/c1-25-16(21)14-8-6-13(7-9-14)11-18-17(22)20-10-4-3-5-15(20)12-19-26(2,23)24/h6-9,15,19H,3-5,10-12H2,1-2H3,(H,18,22)/t15-/m0/s1. The number of hydrogen-bond acceptors (Lipinski definition) is 5. The van der Waals surface area contributed by atoms with Gasteiger partial charge in [0.1, 0.15) is 0 Å². The molecule has 0 spiro atoms. The Morgan fingerprint density at radius 3 is 2.54 bits per heavy atom. The lowest BCUT2D eigenvalue weighted by Gasteiger charge is -2.35. The minimum absolute atomic E-state index is 0.153.